The summed E-state index contributed by atoms with van der Waals surface area (Å²) < 4.78 is 5.24. The molecule has 5 heteroatoms. The Morgan fingerprint density at radius 2 is 2.11 bits per heavy atom. The van der Waals surface area contributed by atoms with Crippen molar-refractivity contribution in [1.29, 1.82) is 0 Å². The molecule has 19 heavy (non-hydrogen) atoms. The Hall–Kier alpha value is -2.04. The highest BCUT2D eigenvalue weighted by Gasteiger charge is 2.34. The number of amides is 2. The number of nitrogens with one attached hydrogen (secondary N) is 1. The van der Waals surface area contributed by atoms with Gasteiger partial charge in [-0.15, -0.1) is 0 Å². The summed E-state index contributed by atoms with van der Waals surface area (Å²) in [5.41, 5.74) is 0.937. The molecule has 0 bridgehead atoms. The number of hydrogen-bond donors (Lipinski definition) is 1. The molecule has 0 aromatic heterocycles. The zero-order valence-electron chi connectivity index (χ0n) is 11.0. The molecule has 1 fully saturated rings. The van der Waals surface area contributed by atoms with Crippen LogP contribution in [0, 0.1) is 0 Å². The summed E-state index contributed by atoms with van der Waals surface area (Å²) in [6.45, 7) is 0.808. The fraction of sp³-hybridized carbons (Fsp3) is 0.429. The third-order valence-corrected chi connectivity index (χ3v) is 3.24. The van der Waals surface area contributed by atoms with Gasteiger partial charge >= 0.3 is 6.09 Å². The average Bonchev–Trinajstić information content (AvgIpc) is 2.94. The number of carbonyl (C=O) groups is 2. The van der Waals surface area contributed by atoms with Crippen LogP contribution in [0.15, 0.2) is 30.3 Å². The Balaban J connectivity index is 1.90. The van der Waals surface area contributed by atoms with Gasteiger partial charge in [-0.3, -0.25) is 9.69 Å². The van der Waals surface area contributed by atoms with E-state index < -0.39 is 12.1 Å². The van der Waals surface area contributed by atoms with Crippen molar-refractivity contribution in [2.45, 2.75) is 25.5 Å². The van der Waals surface area contributed by atoms with Crippen molar-refractivity contribution in [1.82, 2.24) is 10.2 Å². The maximum atomic E-state index is 12.0. The van der Waals surface area contributed by atoms with Gasteiger partial charge in [0.2, 0.25) is 5.91 Å². The number of carbonyl (C=O) groups excluding carboxylic acids is 2. The first-order valence-corrected chi connectivity index (χ1v) is 6.41. The lowest BCUT2D eigenvalue weighted by Crippen LogP contribution is -2.45. The minimum Gasteiger partial charge on any atom is -0.445 e. The lowest BCUT2D eigenvalue weighted by atomic mass is 10.2. The Labute approximate surface area is 112 Å². The van der Waals surface area contributed by atoms with E-state index in [0.717, 1.165) is 12.0 Å². The molecule has 1 saturated heterocycles. The Bertz CT molecular complexity index is 447. The molecule has 1 aliphatic heterocycles. The number of likely N-dealkylation sites (tertiary alicyclic amines) is 1. The fourth-order valence-electron chi connectivity index (χ4n) is 2.23. The Kier molecular flexibility index (Phi) is 4.39. The van der Waals surface area contributed by atoms with Crippen LogP contribution in [0.25, 0.3) is 0 Å². The molecular weight excluding hydrogens is 244 g/mol. The van der Waals surface area contributed by atoms with Gasteiger partial charge in [0.25, 0.3) is 0 Å². The normalized spacial score (nSPS) is 18.2. The van der Waals surface area contributed by atoms with E-state index in [4.69, 9.17) is 4.74 Å². The van der Waals surface area contributed by atoms with Crippen LogP contribution in [0.1, 0.15) is 18.4 Å². The van der Waals surface area contributed by atoms with E-state index in [2.05, 4.69) is 5.32 Å². The molecular formula is C14H18N2O3. The maximum Gasteiger partial charge on any atom is 0.410 e. The van der Waals surface area contributed by atoms with Crippen molar-refractivity contribution in [2.24, 2.45) is 0 Å². The largest absolute Gasteiger partial charge is 0.445 e. The lowest BCUT2D eigenvalue weighted by molar-refractivity contribution is -0.124. The van der Waals surface area contributed by atoms with Crippen LogP contribution in [0.4, 0.5) is 4.79 Å². The van der Waals surface area contributed by atoms with Gasteiger partial charge in [0.1, 0.15) is 12.6 Å². The van der Waals surface area contributed by atoms with E-state index in [-0.39, 0.29) is 12.5 Å². The highest BCUT2D eigenvalue weighted by Crippen LogP contribution is 2.18. The van der Waals surface area contributed by atoms with Gasteiger partial charge in [0, 0.05) is 13.6 Å². The average molecular weight is 262 g/mol. The predicted octanol–water partition coefficient (Wildman–Crippen LogP) is 1.53. The number of ether oxygens (including phenoxy) is 1. The van der Waals surface area contributed by atoms with Gasteiger partial charge in [0.15, 0.2) is 0 Å². The quantitative estimate of drug-likeness (QED) is 0.898. The molecule has 1 heterocycles. The molecule has 0 unspecified atom stereocenters. The number of hydrogen-bond acceptors (Lipinski definition) is 3. The molecule has 1 aromatic rings. The van der Waals surface area contributed by atoms with Crippen LogP contribution < -0.4 is 5.32 Å². The summed E-state index contributed by atoms with van der Waals surface area (Å²) in [6.07, 6.45) is 1.11. The zero-order valence-corrected chi connectivity index (χ0v) is 11.0. The Morgan fingerprint density at radius 3 is 2.79 bits per heavy atom. The molecule has 5 nitrogen and oxygen atoms in total. The van der Waals surface area contributed by atoms with Crippen molar-refractivity contribution < 1.29 is 14.3 Å². The van der Waals surface area contributed by atoms with E-state index in [1.807, 2.05) is 30.3 Å². The van der Waals surface area contributed by atoms with E-state index in [1.54, 1.807) is 7.05 Å². The van der Waals surface area contributed by atoms with E-state index in [0.29, 0.717) is 13.0 Å². The molecule has 2 amide bonds. The minimum absolute atomic E-state index is 0.130. The van der Waals surface area contributed by atoms with Gasteiger partial charge in [-0.25, -0.2) is 4.79 Å². The SMILES string of the molecule is CNC(=O)[C@H]1CCCN1C(=O)OCc1ccccc1. The van der Waals surface area contributed by atoms with E-state index in [1.165, 1.54) is 4.90 Å². The molecule has 1 aliphatic rings. The van der Waals surface area contributed by atoms with Crippen LogP contribution in [-0.2, 0) is 16.1 Å². The second kappa shape index (κ2) is 6.22. The van der Waals surface area contributed by atoms with E-state index >= 15 is 0 Å². The van der Waals surface area contributed by atoms with E-state index in [9.17, 15) is 9.59 Å². The molecule has 1 aromatic carbocycles. The zero-order chi connectivity index (χ0) is 13.7. The van der Waals surface area contributed by atoms with Gasteiger partial charge in [-0.2, -0.15) is 0 Å². The Morgan fingerprint density at radius 1 is 1.37 bits per heavy atom. The molecule has 2 rings (SSSR count). The molecule has 0 aliphatic carbocycles. The third-order valence-electron chi connectivity index (χ3n) is 3.24. The summed E-state index contributed by atoms with van der Waals surface area (Å²) in [7, 11) is 1.58. The molecule has 0 radical (unpaired) electrons. The van der Waals surface area contributed by atoms with Crippen LogP contribution in [0.2, 0.25) is 0 Å². The highest BCUT2D eigenvalue weighted by molar-refractivity contribution is 5.85. The smallest absolute Gasteiger partial charge is 0.410 e. The highest BCUT2D eigenvalue weighted by atomic mass is 16.6. The topological polar surface area (TPSA) is 58.6 Å². The van der Waals surface area contributed by atoms with Crippen molar-refractivity contribution in [3.63, 3.8) is 0 Å². The molecule has 102 valence electrons. The second-order valence-corrected chi connectivity index (χ2v) is 4.51. The lowest BCUT2D eigenvalue weighted by Gasteiger charge is -2.22. The molecule has 0 spiro atoms. The van der Waals surface area contributed by atoms with Crippen LogP contribution in [0.5, 0.6) is 0 Å². The standard InChI is InChI=1S/C14H18N2O3/c1-15-13(17)12-8-5-9-16(12)14(18)19-10-11-6-3-2-4-7-11/h2-4,6-7,12H,5,8-10H2,1H3,(H,15,17)/t12-/m1/s1. The molecule has 0 saturated carbocycles. The first kappa shape index (κ1) is 13.4. The summed E-state index contributed by atoms with van der Waals surface area (Å²) in [5.74, 6) is -0.130. The summed E-state index contributed by atoms with van der Waals surface area (Å²) in [4.78, 5) is 25.1. The van der Waals surface area contributed by atoms with Crippen molar-refractivity contribution >= 4 is 12.0 Å². The van der Waals surface area contributed by atoms with Gasteiger partial charge in [0.05, 0.1) is 0 Å². The number of nitrogens with zero attached hydrogens (tertiary/aromatic N) is 1. The number of likely N-dealkylation sites (N-methyl/N-ethyl adjacent to an activating group) is 1. The second-order valence-electron chi connectivity index (χ2n) is 4.51. The van der Waals surface area contributed by atoms with Gasteiger partial charge in [-0.05, 0) is 18.4 Å². The van der Waals surface area contributed by atoms with Gasteiger partial charge < -0.3 is 10.1 Å². The molecule has 1 N–H and O–H groups in total. The summed E-state index contributed by atoms with van der Waals surface area (Å²) in [6, 6.07) is 9.10. The first-order valence-electron chi connectivity index (χ1n) is 6.41. The van der Waals surface area contributed by atoms with Gasteiger partial charge in [-0.1, -0.05) is 30.3 Å². The third kappa shape index (κ3) is 3.24. The fourth-order valence-corrected chi connectivity index (χ4v) is 2.23. The number of rotatable bonds is 3. The minimum atomic E-state index is -0.421. The van der Waals surface area contributed by atoms with Crippen molar-refractivity contribution in [3.8, 4) is 0 Å². The molecule has 1 atom stereocenters. The van der Waals surface area contributed by atoms with Crippen LogP contribution in [0.3, 0.4) is 0 Å². The van der Waals surface area contributed by atoms with Crippen LogP contribution >= 0.6 is 0 Å². The monoisotopic (exact) mass is 262 g/mol. The summed E-state index contributed by atoms with van der Waals surface area (Å²) in [5, 5.41) is 2.58. The van der Waals surface area contributed by atoms with Crippen molar-refractivity contribution in [3.05, 3.63) is 35.9 Å². The summed E-state index contributed by atoms with van der Waals surface area (Å²) >= 11 is 0. The number of benzene rings is 1. The predicted molar refractivity (Wildman–Crippen MR) is 70.4 cm³/mol. The van der Waals surface area contributed by atoms with Crippen molar-refractivity contribution in [2.75, 3.05) is 13.6 Å². The van der Waals surface area contributed by atoms with Crippen LogP contribution in [-0.4, -0.2) is 36.5 Å². The maximum absolute atomic E-state index is 12.0. The first-order chi connectivity index (χ1) is 9.22.